The number of anilines is 1. The van der Waals surface area contributed by atoms with Crippen molar-refractivity contribution in [1.29, 1.82) is 0 Å². The Kier molecular flexibility index (Phi) is 3.72. The summed E-state index contributed by atoms with van der Waals surface area (Å²) in [6.07, 6.45) is 8.51. The van der Waals surface area contributed by atoms with Crippen LogP contribution in [0.15, 0.2) is 18.6 Å². The van der Waals surface area contributed by atoms with Crippen molar-refractivity contribution < 1.29 is 4.74 Å². The first-order valence-electron chi connectivity index (χ1n) is 5.83. The highest BCUT2D eigenvalue weighted by atomic mass is 16.5. The van der Waals surface area contributed by atoms with Gasteiger partial charge < -0.3 is 9.64 Å². The van der Waals surface area contributed by atoms with Crippen molar-refractivity contribution in [3.8, 4) is 0 Å². The van der Waals surface area contributed by atoms with E-state index in [4.69, 9.17) is 4.74 Å². The summed E-state index contributed by atoms with van der Waals surface area (Å²) in [6.45, 7) is 0. The van der Waals surface area contributed by atoms with Crippen molar-refractivity contribution in [1.82, 2.24) is 9.97 Å². The van der Waals surface area contributed by atoms with E-state index in [0.29, 0.717) is 12.1 Å². The Morgan fingerprint density at radius 2 is 2.06 bits per heavy atom. The molecule has 0 atom stereocenters. The number of methoxy groups -OCH3 is 1. The van der Waals surface area contributed by atoms with Crippen LogP contribution in [-0.4, -0.2) is 36.3 Å². The highest BCUT2D eigenvalue weighted by molar-refractivity contribution is 5.36. The average Bonchev–Trinajstić information content (AvgIpc) is 2.39. The lowest BCUT2D eigenvalue weighted by molar-refractivity contribution is 0.0659. The van der Waals surface area contributed by atoms with E-state index in [-0.39, 0.29) is 0 Å². The van der Waals surface area contributed by atoms with Gasteiger partial charge >= 0.3 is 0 Å². The van der Waals surface area contributed by atoms with Crippen LogP contribution >= 0.6 is 0 Å². The smallest absolute Gasteiger partial charge is 0.131 e. The van der Waals surface area contributed by atoms with Crippen LogP contribution in [0.25, 0.3) is 0 Å². The Balaban J connectivity index is 1.94. The predicted molar refractivity (Wildman–Crippen MR) is 63.5 cm³/mol. The van der Waals surface area contributed by atoms with E-state index in [9.17, 15) is 0 Å². The standard InChI is InChI=1S/C12H19N3O/c1-15(12-7-8-13-9-14-12)10-3-5-11(16-2)6-4-10/h7-11H,3-6H2,1-2H3. The predicted octanol–water partition coefficient (Wildman–Crippen LogP) is 1.87. The number of nitrogens with zero attached hydrogens (tertiary/aromatic N) is 3. The van der Waals surface area contributed by atoms with Gasteiger partial charge in [0.15, 0.2) is 0 Å². The molecule has 0 saturated heterocycles. The van der Waals surface area contributed by atoms with Gasteiger partial charge in [-0.3, -0.25) is 0 Å². The normalized spacial score (nSPS) is 25.4. The number of rotatable bonds is 3. The molecule has 2 rings (SSSR count). The van der Waals surface area contributed by atoms with Gasteiger partial charge in [-0.15, -0.1) is 0 Å². The van der Waals surface area contributed by atoms with Gasteiger partial charge in [0.05, 0.1) is 6.10 Å². The second kappa shape index (κ2) is 5.25. The topological polar surface area (TPSA) is 38.2 Å². The highest BCUT2D eigenvalue weighted by Crippen LogP contribution is 2.26. The molecule has 0 aromatic carbocycles. The van der Waals surface area contributed by atoms with Gasteiger partial charge in [-0.05, 0) is 31.7 Å². The van der Waals surface area contributed by atoms with Gasteiger partial charge in [-0.25, -0.2) is 9.97 Å². The fraction of sp³-hybridized carbons (Fsp3) is 0.667. The minimum absolute atomic E-state index is 0.454. The Morgan fingerprint density at radius 1 is 1.31 bits per heavy atom. The first-order valence-corrected chi connectivity index (χ1v) is 5.83. The Hall–Kier alpha value is -1.16. The van der Waals surface area contributed by atoms with Crippen molar-refractivity contribution in [3.05, 3.63) is 18.6 Å². The Morgan fingerprint density at radius 3 is 2.62 bits per heavy atom. The molecule has 1 saturated carbocycles. The maximum atomic E-state index is 5.38. The van der Waals surface area contributed by atoms with Crippen LogP contribution in [-0.2, 0) is 4.74 Å². The minimum Gasteiger partial charge on any atom is -0.381 e. The minimum atomic E-state index is 0.454. The first kappa shape index (κ1) is 11.3. The van der Waals surface area contributed by atoms with Gasteiger partial charge in [-0.2, -0.15) is 0 Å². The van der Waals surface area contributed by atoms with Crippen molar-refractivity contribution in [2.75, 3.05) is 19.1 Å². The molecule has 0 spiro atoms. The van der Waals surface area contributed by atoms with Crippen LogP contribution < -0.4 is 4.90 Å². The van der Waals surface area contributed by atoms with E-state index < -0.39 is 0 Å². The van der Waals surface area contributed by atoms with E-state index in [1.165, 1.54) is 12.8 Å². The van der Waals surface area contributed by atoms with E-state index in [0.717, 1.165) is 18.7 Å². The lowest BCUT2D eigenvalue weighted by Gasteiger charge is -2.34. The van der Waals surface area contributed by atoms with Gasteiger partial charge in [0.2, 0.25) is 0 Å². The van der Waals surface area contributed by atoms with Gasteiger partial charge in [0.1, 0.15) is 12.1 Å². The molecule has 1 aliphatic rings. The molecule has 4 heteroatoms. The van der Waals surface area contributed by atoms with Crippen LogP contribution in [0.5, 0.6) is 0 Å². The van der Waals surface area contributed by atoms with E-state index in [2.05, 4.69) is 21.9 Å². The van der Waals surface area contributed by atoms with Crippen LogP contribution in [0.2, 0.25) is 0 Å². The summed E-state index contributed by atoms with van der Waals surface area (Å²) in [7, 11) is 3.92. The zero-order valence-electron chi connectivity index (χ0n) is 9.97. The molecule has 1 aliphatic carbocycles. The Labute approximate surface area is 96.7 Å². The van der Waals surface area contributed by atoms with Crippen LogP contribution in [0.1, 0.15) is 25.7 Å². The van der Waals surface area contributed by atoms with Crippen LogP contribution in [0.4, 0.5) is 5.82 Å². The number of hydrogen-bond donors (Lipinski definition) is 0. The molecule has 88 valence electrons. The molecule has 4 nitrogen and oxygen atoms in total. The molecular formula is C12H19N3O. The molecule has 1 aromatic rings. The molecular weight excluding hydrogens is 202 g/mol. The lowest BCUT2D eigenvalue weighted by atomic mass is 9.92. The lowest BCUT2D eigenvalue weighted by Crippen LogP contribution is -2.37. The summed E-state index contributed by atoms with van der Waals surface area (Å²) in [6, 6.07) is 2.55. The summed E-state index contributed by atoms with van der Waals surface area (Å²) in [4.78, 5) is 10.5. The largest absolute Gasteiger partial charge is 0.381 e. The zero-order valence-corrected chi connectivity index (χ0v) is 9.97. The summed E-state index contributed by atoms with van der Waals surface area (Å²) < 4.78 is 5.38. The molecule has 0 aliphatic heterocycles. The molecule has 0 amide bonds. The van der Waals surface area contributed by atoms with Crippen molar-refractivity contribution in [2.24, 2.45) is 0 Å². The van der Waals surface area contributed by atoms with E-state index in [1.54, 1.807) is 19.6 Å². The summed E-state index contributed by atoms with van der Waals surface area (Å²) >= 11 is 0. The number of aromatic nitrogens is 2. The zero-order chi connectivity index (χ0) is 11.4. The molecule has 1 fully saturated rings. The fourth-order valence-electron chi connectivity index (χ4n) is 2.35. The Bertz CT molecular complexity index is 309. The monoisotopic (exact) mass is 221 g/mol. The maximum Gasteiger partial charge on any atom is 0.131 e. The van der Waals surface area contributed by atoms with Gasteiger partial charge in [-0.1, -0.05) is 0 Å². The summed E-state index contributed by atoms with van der Waals surface area (Å²) in [5, 5.41) is 0. The van der Waals surface area contributed by atoms with Gasteiger partial charge in [0.25, 0.3) is 0 Å². The van der Waals surface area contributed by atoms with Gasteiger partial charge in [0, 0.05) is 26.4 Å². The molecule has 16 heavy (non-hydrogen) atoms. The third-order valence-corrected chi connectivity index (χ3v) is 3.45. The van der Waals surface area contributed by atoms with E-state index in [1.807, 2.05) is 6.07 Å². The molecule has 0 bridgehead atoms. The summed E-state index contributed by atoms with van der Waals surface area (Å²) in [5.41, 5.74) is 0. The first-order chi connectivity index (χ1) is 7.81. The summed E-state index contributed by atoms with van der Waals surface area (Å²) in [5.74, 6) is 1.01. The number of ether oxygens (including phenoxy) is 1. The maximum absolute atomic E-state index is 5.38. The van der Waals surface area contributed by atoms with Crippen LogP contribution in [0.3, 0.4) is 0 Å². The molecule has 1 heterocycles. The van der Waals surface area contributed by atoms with Crippen LogP contribution in [0, 0.1) is 0 Å². The molecule has 1 aromatic heterocycles. The molecule has 0 radical (unpaired) electrons. The average molecular weight is 221 g/mol. The second-order valence-electron chi connectivity index (χ2n) is 4.34. The molecule has 0 unspecified atom stereocenters. The third-order valence-electron chi connectivity index (χ3n) is 3.45. The second-order valence-corrected chi connectivity index (χ2v) is 4.34. The van der Waals surface area contributed by atoms with Crippen molar-refractivity contribution in [2.45, 2.75) is 37.8 Å². The fourth-order valence-corrected chi connectivity index (χ4v) is 2.35. The molecule has 0 N–H and O–H groups in total. The van der Waals surface area contributed by atoms with Crippen molar-refractivity contribution in [3.63, 3.8) is 0 Å². The van der Waals surface area contributed by atoms with Crippen molar-refractivity contribution >= 4 is 5.82 Å². The van der Waals surface area contributed by atoms with E-state index >= 15 is 0 Å². The number of hydrogen-bond acceptors (Lipinski definition) is 4. The SMILES string of the molecule is COC1CCC(N(C)c2ccncn2)CC1. The highest BCUT2D eigenvalue weighted by Gasteiger charge is 2.24. The third kappa shape index (κ3) is 2.50. The quantitative estimate of drug-likeness (QED) is 0.781.